The molecule has 21 heavy (non-hydrogen) atoms. The van der Waals surface area contributed by atoms with Crippen molar-refractivity contribution in [3.63, 3.8) is 0 Å². The van der Waals surface area contributed by atoms with Crippen LogP contribution in [0, 0.1) is 5.92 Å². The summed E-state index contributed by atoms with van der Waals surface area (Å²) in [6.45, 7) is 8.79. The van der Waals surface area contributed by atoms with E-state index in [9.17, 15) is 8.42 Å². The fraction of sp³-hybridized carbons (Fsp3) is 0.733. The molecule has 1 heterocycles. The first-order chi connectivity index (χ1) is 9.95. The SMILES string of the molecule is CCNCCc1ccc(S(=O)(=O)NCCCCC(C)C)s1. The molecule has 0 saturated heterocycles. The maximum absolute atomic E-state index is 12.2. The van der Waals surface area contributed by atoms with E-state index in [-0.39, 0.29) is 0 Å². The van der Waals surface area contributed by atoms with Gasteiger partial charge in [-0.25, -0.2) is 13.1 Å². The van der Waals surface area contributed by atoms with Crippen LogP contribution in [0.2, 0.25) is 0 Å². The molecule has 0 amide bonds. The third kappa shape index (κ3) is 7.40. The Hall–Kier alpha value is -0.430. The summed E-state index contributed by atoms with van der Waals surface area (Å²) in [5.74, 6) is 0.679. The first-order valence-electron chi connectivity index (χ1n) is 7.74. The van der Waals surface area contributed by atoms with Crippen molar-refractivity contribution in [3.05, 3.63) is 17.0 Å². The first kappa shape index (κ1) is 18.6. The summed E-state index contributed by atoms with van der Waals surface area (Å²) in [5.41, 5.74) is 0. The van der Waals surface area contributed by atoms with Crippen molar-refractivity contribution in [1.82, 2.24) is 10.0 Å². The third-order valence-corrected chi connectivity index (χ3v) is 6.30. The molecule has 0 fully saturated rings. The number of unbranched alkanes of at least 4 members (excludes halogenated alkanes) is 1. The molecule has 0 saturated carbocycles. The fourth-order valence-electron chi connectivity index (χ4n) is 1.98. The molecule has 1 aromatic rings. The van der Waals surface area contributed by atoms with Crippen molar-refractivity contribution < 1.29 is 8.42 Å². The van der Waals surface area contributed by atoms with E-state index >= 15 is 0 Å². The zero-order valence-corrected chi connectivity index (χ0v) is 14.9. The third-order valence-electron chi connectivity index (χ3n) is 3.20. The number of sulfonamides is 1. The molecule has 2 N–H and O–H groups in total. The van der Waals surface area contributed by atoms with Gasteiger partial charge in [-0.2, -0.15) is 0 Å². The largest absolute Gasteiger partial charge is 0.317 e. The van der Waals surface area contributed by atoms with Gasteiger partial charge < -0.3 is 5.32 Å². The minimum absolute atomic E-state index is 0.429. The van der Waals surface area contributed by atoms with Crippen molar-refractivity contribution in [2.24, 2.45) is 5.92 Å². The van der Waals surface area contributed by atoms with Crippen molar-refractivity contribution in [1.29, 1.82) is 0 Å². The normalized spacial score (nSPS) is 12.2. The molecule has 0 bridgehead atoms. The van der Waals surface area contributed by atoms with Gasteiger partial charge in [-0.15, -0.1) is 11.3 Å². The molecule has 0 aliphatic heterocycles. The van der Waals surface area contributed by atoms with Gasteiger partial charge in [-0.05, 0) is 44.0 Å². The number of rotatable bonds is 11. The Balaban J connectivity index is 2.39. The highest BCUT2D eigenvalue weighted by atomic mass is 32.2. The molecule has 0 radical (unpaired) electrons. The minimum Gasteiger partial charge on any atom is -0.317 e. The highest BCUT2D eigenvalue weighted by molar-refractivity contribution is 7.91. The maximum atomic E-state index is 12.2. The molecule has 1 aromatic heterocycles. The lowest BCUT2D eigenvalue weighted by molar-refractivity contribution is 0.531. The molecular weight excluding hydrogens is 304 g/mol. The Morgan fingerprint density at radius 2 is 1.95 bits per heavy atom. The predicted molar refractivity (Wildman–Crippen MR) is 90.4 cm³/mol. The maximum Gasteiger partial charge on any atom is 0.250 e. The molecule has 0 spiro atoms. The second kappa shape index (κ2) is 9.56. The fourth-order valence-corrected chi connectivity index (χ4v) is 4.45. The molecule has 0 atom stereocenters. The first-order valence-corrected chi connectivity index (χ1v) is 10.0. The Kier molecular flexibility index (Phi) is 8.48. The van der Waals surface area contributed by atoms with Crippen LogP contribution in [0.15, 0.2) is 16.3 Å². The van der Waals surface area contributed by atoms with Crippen LogP contribution < -0.4 is 10.0 Å². The van der Waals surface area contributed by atoms with Crippen LogP contribution in [0.3, 0.4) is 0 Å². The van der Waals surface area contributed by atoms with Gasteiger partial charge in [0.1, 0.15) is 4.21 Å². The van der Waals surface area contributed by atoms with E-state index in [1.165, 1.54) is 11.3 Å². The number of hydrogen-bond donors (Lipinski definition) is 2. The number of hydrogen-bond acceptors (Lipinski definition) is 4. The second-order valence-electron chi connectivity index (χ2n) is 5.61. The quantitative estimate of drug-likeness (QED) is 0.613. The van der Waals surface area contributed by atoms with Gasteiger partial charge in [0.25, 0.3) is 0 Å². The van der Waals surface area contributed by atoms with Gasteiger partial charge in [0, 0.05) is 11.4 Å². The van der Waals surface area contributed by atoms with E-state index in [0.29, 0.717) is 16.7 Å². The molecule has 0 aliphatic rings. The summed E-state index contributed by atoms with van der Waals surface area (Å²) >= 11 is 1.37. The summed E-state index contributed by atoms with van der Waals surface area (Å²) in [4.78, 5) is 1.11. The molecule has 4 nitrogen and oxygen atoms in total. The van der Waals surface area contributed by atoms with E-state index in [2.05, 4.69) is 30.8 Å². The van der Waals surface area contributed by atoms with Crippen molar-refractivity contribution in [2.45, 2.75) is 50.7 Å². The summed E-state index contributed by atoms with van der Waals surface area (Å²) in [6, 6.07) is 3.62. The smallest absolute Gasteiger partial charge is 0.250 e. The zero-order chi connectivity index (χ0) is 15.7. The lowest BCUT2D eigenvalue weighted by Gasteiger charge is -2.06. The molecule has 0 unspecified atom stereocenters. The predicted octanol–water partition coefficient (Wildman–Crippen LogP) is 3.00. The van der Waals surface area contributed by atoms with Crippen LogP contribution >= 0.6 is 11.3 Å². The van der Waals surface area contributed by atoms with Gasteiger partial charge in [0.15, 0.2) is 0 Å². The molecule has 122 valence electrons. The molecule has 0 aliphatic carbocycles. The van der Waals surface area contributed by atoms with Gasteiger partial charge in [-0.3, -0.25) is 0 Å². The average molecular weight is 333 g/mol. The number of likely N-dealkylation sites (N-methyl/N-ethyl adjacent to an activating group) is 1. The van der Waals surface area contributed by atoms with Gasteiger partial charge in [-0.1, -0.05) is 33.6 Å². The lowest BCUT2D eigenvalue weighted by atomic mass is 10.1. The summed E-state index contributed by atoms with van der Waals surface area (Å²) in [7, 11) is -3.32. The molecule has 0 aromatic carbocycles. The monoisotopic (exact) mass is 332 g/mol. The van der Waals surface area contributed by atoms with E-state index in [0.717, 1.165) is 43.6 Å². The Labute approximate surface area is 133 Å². The average Bonchev–Trinajstić information content (AvgIpc) is 2.88. The summed E-state index contributed by atoms with van der Waals surface area (Å²) in [6.07, 6.45) is 3.99. The topological polar surface area (TPSA) is 58.2 Å². The van der Waals surface area contributed by atoms with Crippen LogP contribution in [0.5, 0.6) is 0 Å². The number of nitrogens with one attached hydrogen (secondary N) is 2. The van der Waals surface area contributed by atoms with Crippen LogP contribution in [-0.2, 0) is 16.4 Å². The van der Waals surface area contributed by atoms with E-state index in [1.807, 2.05) is 6.07 Å². The standard InChI is InChI=1S/C15H28N2O2S2/c1-4-16-12-10-14-8-9-15(20-14)21(18,19)17-11-6-5-7-13(2)3/h8-9,13,16-17H,4-7,10-12H2,1-3H3. The van der Waals surface area contributed by atoms with Crippen molar-refractivity contribution in [3.8, 4) is 0 Å². The summed E-state index contributed by atoms with van der Waals surface area (Å²) < 4.78 is 27.4. The van der Waals surface area contributed by atoms with Crippen LogP contribution in [0.1, 0.15) is 44.9 Å². The van der Waals surface area contributed by atoms with Crippen LogP contribution in [0.4, 0.5) is 0 Å². The molecular formula is C15H28N2O2S2. The van der Waals surface area contributed by atoms with E-state index < -0.39 is 10.0 Å². The Morgan fingerprint density at radius 3 is 2.62 bits per heavy atom. The van der Waals surface area contributed by atoms with Crippen molar-refractivity contribution >= 4 is 21.4 Å². The Bertz CT molecular complexity index is 496. The second-order valence-corrected chi connectivity index (χ2v) is 8.77. The number of thiophene rings is 1. The van der Waals surface area contributed by atoms with E-state index in [4.69, 9.17) is 0 Å². The van der Waals surface area contributed by atoms with Crippen LogP contribution in [0.25, 0.3) is 0 Å². The molecule has 1 rings (SSSR count). The van der Waals surface area contributed by atoms with Gasteiger partial charge >= 0.3 is 0 Å². The van der Waals surface area contributed by atoms with Gasteiger partial charge in [0.2, 0.25) is 10.0 Å². The van der Waals surface area contributed by atoms with E-state index in [1.54, 1.807) is 6.07 Å². The molecule has 6 heteroatoms. The summed E-state index contributed by atoms with van der Waals surface area (Å²) in [5, 5.41) is 3.24. The highest BCUT2D eigenvalue weighted by Crippen LogP contribution is 2.21. The van der Waals surface area contributed by atoms with Crippen molar-refractivity contribution in [2.75, 3.05) is 19.6 Å². The minimum atomic E-state index is -3.32. The van der Waals surface area contributed by atoms with Gasteiger partial charge in [0.05, 0.1) is 0 Å². The van der Waals surface area contributed by atoms with Crippen LogP contribution in [-0.4, -0.2) is 28.1 Å². The zero-order valence-electron chi connectivity index (χ0n) is 13.3. The highest BCUT2D eigenvalue weighted by Gasteiger charge is 2.15. The lowest BCUT2D eigenvalue weighted by Crippen LogP contribution is -2.24. The Morgan fingerprint density at radius 1 is 1.19 bits per heavy atom.